The number of benzene rings is 3. The summed E-state index contributed by atoms with van der Waals surface area (Å²) in [5.41, 5.74) is 1.33. The minimum atomic E-state index is -3.93. The summed E-state index contributed by atoms with van der Waals surface area (Å²) >= 11 is 5.90. The first kappa shape index (κ1) is 23.5. The van der Waals surface area contributed by atoms with Gasteiger partial charge >= 0.3 is 0 Å². The van der Waals surface area contributed by atoms with Crippen molar-refractivity contribution >= 4 is 38.8 Å². The first-order valence-corrected chi connectivity index (χ1v) is 11.7. The molecule has 1 atom stereocenters. The molecule has 0 bridgehead atoms. The molecular weight excluding hydrogens is 450 g/mol. The molecule has 0 spiro atoms. The van der Waals surface area contributed by atoms with Crippen molar-refractivity contribution in [2.45, 2.75) is 23.5 Å². The predicted octanol–water partition coefficient (Wildman–Crippen LogP) is 5.10. The number of hydrogen-bond acceptors (Lipinski definition) is 5. The predicted molar refractivity (Wildman–Crippen MR) is 124 cm³/mol. The van der Waals surface area contributed by atoms with E-state index in [-0.39, 0.29) is 23.0 Å². The normalized spacial score (nSPS) is 12.1. The lowest BCUT2D eigenvalue weighted by atomic mass is 10.0. The van der Waals surface area contributed by atoms with Crippen LogP contribution in [-0.2, 0) is 14.6 Å². The maximum absolute atomic E-state index is 13.5. The fraction of sp³-hybridized carbons (Fsp3) is 0.167. The molecule has 0 radical (unpaired) electrons. The molecule has 0 fully saturated rings. The van der Waals surface area contributed by atoms with Gasteiger partial charge < -0.3 is 10.1 Å². The molecule has 3 rings (SSSR count). The Labute approximate surface area is 192 Å². The second-order valence-electron chi connectivity index (χ2n) is 7.15. The van der Waals surface area contributed by atoms with E-state index in [0.29, 0.717) is 27.6 Å². The average molecular weight is 472 g/mol. The van der Waals surface area contributed by atoms with E-state index >= 15 is 0 Å². The highest BCUT2D eigenvalue weighted by Gasteiger charge is 2.31. The lowest BCUT2D eigenvalue weighted by molar-refractivity contribution is -0.114. The molecular formula is C24H22ClNO5S. The molecule has 0 aliphatic heterocycles. The van der Waals surface area contributed by atoms with E-state index in [2.05, 4.69) is 5.32 Å². The van der Waals surface area contributed by atoms with Gasteiger partial charge in [-0.1, -0.05) is 23.7 Å². The number of carbonyl (C=O) groups is 2. The van der Waals surface area contributed by atoms with E-state index in [4.69, 9.17) is 16.3 Å². The number of sulfone groups is 1. The van der Waals surface area contributed by atoms with Crippen molar-refractivity contribution < 1.29 is 22.7 Å². The number of halogens is 1. The third-order valence-corrected chi connectivity index (χ3v) is 7.27. The van der Waals surface area contributed by atoms with Crippen molar-refractivity contribution in [3.05, 3.63) is 88.9 Å². The molecule has 0 heterocycles. The third kappa shape index (κ3) is 5.55. The van der Waals surface area contributed by atoms with Crippen LogP contribution < -0.4 is 10.1 Å². The first-order chi connectivity index (χ1) is 15.2. The quantitative estimate of drug-likeness (QED) is 0.462. The minimum absolute atomic E-state index is 0.0522. The zero-order valence-corrected chi connectivity index (χ0v) is 19.1. The summed E-state index contributed by atoms with van der Waals surface area (Å²) in [6.07, 6.45) is -0.246. The van der Waals surface area contributed by atoms with Crippen LogP contribution in [0.25, 0.3) is 0 Å². The number of rotatable bonds is 8. The van der Waals surface area contributed by atoms with Crippen LogP contribution in [0.4, 0.5) is 5.69 Å². The van der Waals surface area contributed by atoms with Gasteiger partial charge in [-0.15, -0.1) is 0 Å². The molecule has 8 heteroatoms. The second-order valence-corrected chi connectivity index (χ2v) is 9.71. The Morgan fingerprint density at radius 2 is 1.53 bits per heavy atom. The van der Waals surface area contributed by atoms with Crippen LogP contribution in [0.15, 0.2) is 77.7 Å². The summed E-state index contributed by atoms with van der Waals surface area (Å²) in [4.78, 5) is 24.2. The van der Waals surface area contributed by atoms with Crippen molar-refractivity contribution in [3.63, 3.8) is 0 Å². The van der Waals surface area contributed by atoms with E-state index in [1.807, 2.05) is 0 Å². The Bertz CT molecular complexity index is 1200. The van der Waals surface area contributed by atoms with Crippen molar-refractivity contribution in [2.75, 3.05) is 12.4 Å². The van der Waals surface area contributed by atoms with Gasteiger partial charge in [0, 0.05) is 29.6 Å². The molecule has 0 aromatic heterocycles. The maximum Gasteiger partial charge on any atom is 0.221 e. The highest BCUT2D eigenvalue weighted by molar-refractivity contribution is 7.91. The van der Waals surface area contributed by atoms with Crippen LogP contribution in [0.2, 0.25) is 5.02 Å². The minimum Gasteiger partial charge on any atom is -0.497 e. The number of ketones is 1. The number of methoxy groups -OCH3 is 1. The number of ether oxygens (including phenoxy) is 1. The van der Waals surface area contributed by atoms with E-state index in [0.717, 1.165) is 0 Å². The van der Waals surface area contributed by atoms with Gasteiger partial charge in [0.15, 0.2) is 15.6 Å². The van der Waals surface area contributed by atoms with Gasteiger partial charge in [-0.05, 0) is 66.2 Å². The summed E-state index contributed by atoms with van der Waals surface area (Å²) < 4.78 is 32.3. The van der Waals surface area contributed by atoms with Crippen LogP contribution in [0.1, 0.15) is 34.5 Å². The van der Waals surface area contributed by atoms with Crippen LogP contribution >= 0.6 is 11.6 Å². The van der Waals surface area contributed by atoms with Crippen molar-refractivity contribution in [1.82, 2.24) is 0 Å². The molecule has 1 unspecified atom stereocenters. The molecule has 6 nitrogen and oxygen atoms in total. The fourth-order valence-corrected chi connectivity index (χ4v) is 5.10. The molecule has 0 saturated heterocycles. The Morgan fingerprint density at radius 1 is 0.938 bits per heavy atom. The summed E-state index contributed by atoms with van der Waals surface area (Å²) in [6.45, 7) is 1.37. The van der Waals surface area contributed by atoms with Gasteiger partial charge in [0.1, 0.15) is 5.75 Å². The fourth-order valence-electron chi connectivity index (χ4n) is 3.24. The van der Waals surface area contributed by atoms with E-state index in [9.17, 15) is 18.0 Å². The molecule has 32 heavy (non-hydrogen) atoms. The number of Topliss-reactive ketones (excluding diaryl/α,β-unsaturated/α-hetero) is 1. The van der Waals surface area contributed by atoms with Gasteiger partial charge in [0.25, 0.3) is 0 Å². The van der Waals surface area contributed by atoms with Crippen LogP contribution in [0, 0.1) is 0 Å². The smallest absolute Gasteiger partial charge is 0.221 e. The molecule has 0 aliphatic rings. The summed E-state index contributed by atoms with van der Waals surface area (Å²) in [5, 5.41) is 1.98. The standard InChI is InChI=1S/C24H22ClNO5S/c1-16(27)26-20-9-13-22(14-10-20)32(29,30)24(18-5-11-21(31-2)12-6-18)15-23(28)17-3-7-19(25)8-4-17/h3-14,24H,15H2,1-2H3,(H,26,27). The van der Waals surface area contributed by atoms with Crippen LogP contribution in [0.3, 0.4) is 0 Å². The van der Waals surface area contributed by atoms with Crippen molar-refractivity contribution in [2.24, 2.45) is 0 Å². The van der Waals surface area contributed by atoms with Crippen LogP contribution in [0.5, 0.6) is 5.75 Å². The Morgan fingerprint density at radius 3 is 2.06 bits per heavy atom. The highest BCUT2D eigenvalue weighted by Crippen LogP contribution is 2.34. The zero-order chi connectivity index (χ0) is 23.3. The molecule has 1 N–H and O–H groups in total. The Hall–Kier alpha value is -3.16. The van der Waals surface area contributed by atoms with E-state index in [1.54, 1.807) is 48.5 Å². The number of carbonyl (C=O) groups excluding carboxylic acids is 2. The molecule has 1 amide bonds. The second kappa shape index (κ2) is 9.97. The van der Waals surface area contributed by atoms with Gasteiger partial charge in [-0.3, -0.25) is 9.59 Å². The number of nitrogens with one attached hydrogen (secondary N) is 1. The average Bonchev–Trinajstić information content (AvgIpc) is 2.78. The maximum atomic E-state index is 13.5. The van der Waals surface area contributed by atoms with Gasteiger partial charge in [-0.2, -0.15) is 0 Å². The Balaban J connectivity index is 1.99. The van der Waals surface area contributed by atoms with Crippen molar-refractivity contribution in [1.29, 1.82) is 0 Å². The topological polar surface area (TPSA) is 89.5 Å². The lowest BCUT2D eigenvalue weighted by Gasteiger charge is -2.19. The molecule has 3 aromatic rings. The molecule has 0 aliphatic carbocycles. The van der Waals surface area contributed by atoms with Gasteiger partial charge in [0.2, 0.25) is 5.91 Å². The lowest BCUT2D eigenvalue weighted by Crippen LogP contribution is -2.18. The number of amides is 1. The van der Waals surface area contributed by atoms with E-state index in [1.165, 1.54) is 38.3 Å². The number of anilines is 1. The largest absolute Gasteiger partial charge is 0.497 e. The summed E-state index contributed by atoms with van der Waals surface area (Å²) in [6, 6.07) is 18.8. The highest BCUT2D eigenvalue weighted by atomic mass is 35.5. The molecule has 3 aromatic carbocycles. The Kier molecular flexibility index (Phi) is 7.33. The van der Waals surface area contributed by atoms with E-state index < -0.39 is 15.1 Å². The molecule has 166 valence electrons. The van der Waals surface area contributed by atoms with Gasteiger partial charge in [-0.25, -0.2) is 8.42 Å². The third-order valence-electron chi connectivity index (χ3n) is 4.90. The van der Waals surface area contributed by atoms with Crippen LogP contribution in [-0.4, -0.2) is 27.2 Å². The van der Waals surface area contributed by atoms with Gasteiger partial charge in [0.05, 0.1) is 17.3 Å². The van der Waals surface area contributed by atoms with Crippen molar-refractivity contribution in [3.8, 4) is 5.75 Å². The zero-order valence-electron chi connectivity index (χ0n) is 17.5. The molecule has 0 saturated carbocycles. The summed E-state index contributed by atoms with van der Waals surface area (Å²) in [5.74, 6) is -0.000195. The SMILES string of the molecule is COc1ccc(C(CC(=O)c2ccc(Cl)cc2)S(=O)(=O)c2ccc(NC(C)=O)cc2)cc1. The number of hydrogen-bond donors (Lipinski definition) is 1. The summed E-state index contributed by atoms with van der Waals surface area (Å²) in [7, 11) is -2.41. The first-order valence-electron chi connectivity index (χ1n) is 9.75. The monoisotopic (exact) mass is 471 g/mol.